The molecule has 0 amide bonds. The van der Waals surface area contributed by atoms with E-state index in [4.69, 9.17) is 9.15 Å². The van der Waals surface area contributed by atoms with Crippen molar-refractivity contribution in [2.75, 3.05) is 6.61 Å². The van der Waals surface area contributed by atoms with Gasteiger partial charge < -0.3 is 9.15 Å². The number of esters is 1. The van der Waals surface area contributed by atoms with Crippen molar-refractivity contribution in [2.24, 2.45) is 0 Å². The number of rotatable bonds is 6. The summed E-state index contributed by atoms with van der Waals surface area (Å²) in [7, 11) is 0. The monoisotopic (exact) mass is 424 g/mol. The van der Waals surface area contributed by atoms with Crippen molar-refractivity contribution in [2.45, 2.75) is 37.7 Å². The third-order valence-corrected chi connectivity index (χ3v) is 4.96. The number of benzene rings is 1. The Morgan fingerprint density at radius 1 is 1.44 bits per heavy atom. The van der Waals surface area contributed by atoms with E-state index >= 15 is 0 Å². The zero-order valence-electron chi connectivity index (χ0n) is 14.0. The van der Waals surface area contributed by atoms with Crippen molar-refractivity contribution in [1.82, 2.24) is 20.2 Å². The Labute approximate surface area is 157 Å². The van der Waals surface area contributed by atoms with Crippen LogP contribution in [0, 0.1) is 0 Å². The fraction of sp³-hybridized carbons (Fsp3) is 0.375. The Kier molecular flexibility index (Phi) is 5.43. The maximum absolute atomic E-state index is 12.3. The van der Waals surface area contributed by atoms with E-state index in [9.17, 15) is 4.79 Å². The van der Waals surface area contributed by atoms with Crippen molar-refractivity contribution in [1.29, 1.82) is 0 Å². The number of ether oxygens (including phenoxy) is 1. The minimum atomic E-state index is -0.464. The Hall–Kier alpha value is -1.87. The van der Waals surface area contributed by atoms with Crippen LogP contribution < -0.4 is 0 Å². The maximum Gasteiger partial charge on any atom is 0.374 e. The molecule has 0 atom stereocenters. The van der Waals surface area contributed by atoms with Gasteiger partial charge in [0.25, 0.3) is 0 Å². The predicted octanol–water partition coefficient (Wildman–Crippen LogP) is 4.23. The minimum absolute atomic E-state index is 0.150. The van der Waals surface area contributed by atoms with Gasteiger partial charge in [-0.05, 0) is 49.4 Å². The third-order valence-electron chi connectivity index (χ3n) is 3.51. The molecule has 0 radical (unpaired) electrons. The van der Waals surface area contributed by atoms with Crippen molar-refractivity contribution in [3.63, 3.8) is 0 Å². The molecule has 3 aromatic rings. The highest BCUT2D eigenvalue weighted by Crippen LogP contribution is 2.33. The van der Waals surface area contributed by atoms with Gasteiger partial charge in [0, 0.05) is 21.2 Å². The molecule has 9 heteroatoms. The molecule has 25 heavy (non-hydrogen) atoms. The average Bonchev–Trinajstić information content (AvgIpc) is 3.17. The van der Waals surface area contributed by atoms with Gasteiger partial charge >= 0.3 is 5.97 Å². The van der Waals surface area contributed by atoms with Crippen LogP contribution in [0.2, 0.25) is 0 Å². The molecule has 2 aromatic heterocycles. The lowest BCUT2D eigenvalue weighted by Crippen LogP contribution is -2.07. The van der Waals surface area contributed by atoms with Crippen LogP contribution in [0.5, 0.6) is 0 Å². The summed E-state index contributed by atoms with van der Waals surface area (Å²) in [6.45, 7) is 6.07. The van der Waals surface area contributed by atoms with Crippen molar-refractivity contribution < 1.29 is 13.9 Å². The lowest BCUT2D eigenvalue weighted by Gasteiger charge is -2.07. The van der Waals surface area contributed by atoms with Gasteiger partial charge in [-0.15, -0.1) is 5.10 Å². The first-order chi connectivity index (χ1) is 12.0. The number of hydrogen-bond donors (Lipinski definition) is 0. The molecule has 0 aliphatic rings. The average molecular weight is 425 g/mol. The van der Waals surface area contributed by atoms with Crippen LogP contribution in [-0.4, -0.2) is 32.8 Å². The van der Waals surface area contributed by atoms with Crippen molar-refractivity contribution in [3.05, 3.63) is 34.0 Å². The summed E-state index contributed by atoms with van der Waals surface area (Å²) >= 11 is 4.92. The lowest BCUT2D eigenvalue weighted by molar-refractivity contribution is 0.0491. The van der Waals surface area contributed by atoms with Gasteiger partial charge in [0.2, 0.25) is 10.9 Å². The second-order valence-electron chi connectivity index (χ2n) is 5.56. The third kappa shape index (κ3) is 3.72. The summed E-state index contributed by atoms with van der Waals surface area (Å²) in [5.41, 5.74) is 1.42. The molecule has 2 heterocycles. The van der Waals surface area contributed by atoms with Gasteiger partial charge in [0.15, 0.2) is 0 Å². The van der Waals surface area contributed by atoms with Gasteiger partial charge in [-0.2, -0.15) is 0 Å². The number of aromatic nitrogens is 4. The molecule has 0 saturated carbocycles. The quantitative estimate of drug-likeness (QED) is 0.432. The minimum Gasteiger partial charge on any atom is -0.460 e. The van der Waals surface area contributed by atoms with Gasteiger partial charge in [0.1, 0.15) is 5.58 Å². The molecule has 1 aromatic carbocycles. The van der Waals surface area contributed by atoms with E-state index < -0.39 is 5.97 Å². The molecular weight excluding hydrogens is 408 g/mol. The van der Waals surface area contributed by atoms with Crippen LogP contribution in [0.1, 0.15) is 42.9 Å². The summed E-state index contributed by atoms with van der Waals surface area (Å²) in [5, 5.41) is 13.3. The van der Waals surface area contributed by atoms with Crippen LogP contribution in [-0.2, 0) is 10.5 Å². The van der Waals surface area contributed by atoms with Crippen LogP contribution >= 0.6 is 27.7 Å². The van der Waals surface area contributed by atoms with Crippen LogP contribution in [0.4, 0.5) is 0 Å². The SMILES string of the molecule is CCOC(=O)c1oc2ccc(Br)cc2c1CSc1nnnn1C(C)C. The number of carbonyl (C=O) groups is 1. The smallest absolute Gasteiger partial charge is 0.374 e. The maximum atomic E-state index is 12.3. The first kappa shape index (κ1) is 17.9. The molecule has 0 bridgehead atoms. The topological polar surface area (TPSA) is 83.0 Å². The highest BCUT2D eigenvalue weighted by molar-refractivity contribution is 9.10. The Morgan fingerprint density at radius 2 is 2.24 bits per heavy atom. The molecular formula is C16H17BrN4O3S. The van der Waals surface area contributed by atoms with Gasteiger partial charge in [-0.1, -0.05) is 27.7 Å². The molecule has 0 saturated heterocycles. The molecule has 0 aliphatic heterocycles. The van der Waals surface area contributed by atoms with E-state index in [1.807, 2.05) is 32.0 Å². The first-order valence-corrected chi connectivity index (χ1v) is 9.57. The molecule has 0 unspecified atom stereocenters. The summed E-state index contributed by atoms with van der Waals surface area (Å²) in [5.74, 6) is 0.255. The van der Waals surface area contributed by atoms with Crippen molar-refractivity contribution >= 4 is 44.6 Å². The first-order valence-electron chi connectivity index (χ1n) is 7.80. The molecule has 7 nitrogen and oxygen atoms in total. The number of fused-ring (bicyclic) bond motifs is 1. The van der Waals surface area contributed by atoms with Crippen molar-refractivity contribution in [3.8, 4) is 0 Å². The van der Waals surface area contributed by atoms with E-state index in [-0.39, 0.29) is 18.4 Å². The number of hydrogen-bond acceptors (Lipinski definition) is 7. The van der Waals surface area contributed by atoms with E-state index in [0.717, 1.165) is 15.4 Å². The van der Waals surface area contributed by atoms with E-state index in [0.29, 0.717) is 16.5 Å². The van der Waals surface area contributed by atoms with E-state index in [2.05, 4.69) is 31.5 Å². The fourth-order valence-corrected chi connectivity index (χ4v) is 3.76. The molecule has 3 rings (SSSR count). The van der Waals surface area contributed by atoms with Gasteiger partial charge in [0.05, 0.1) is 12.6 Å². The Morgan fingerprint density at radius 3 is 2.96 bits per heavy atom. The van der Waals surface area contributed by atoms with Gasteiger partial charge in [-0.25, -0.2) is 9.48 Å². The van der Waals surface area contributed by atoms with Crippen LogP contribution in [0.3, 0.4) is 0 Å². The Balaban J connectivity index is 1.98. The zero-order chi connectivity index (χ0) is 18.0. The second-order valence-corrected chi connectivity index (χ2v) is 7.42. The number of furan rings is 1. The highest BCUT2D eigenvalue weighted by atomic mass is 79.9. The largest absolute Gasteiger partial charge is 0.460 e. The highest BCUT2D eigenvalue weighted by Gasteiger charge is 2.23. The molecule has 0 fully saturated rings. The summed E-state index contributed by atoms with van der Waals surface area (Å²) in [4.78, 5) is 12.3. The Bertz CT molecular complexity index is 906. The normalized spacial score (nSPS) is 11.4. The lowest BCUT2D eigenvalue weighted by atomic mass is 10.1. The second kappa shape index (κ2) is 7.57. The fourth-order valence-electron chi connectivity index (χ4n) is 2.37. The number of nitrogens with zero attached hydrogens (tertiary/aromatic N) is 4. The molecule has 0 N–H and O–H groups in total. The van der Waals surface area contributed by atoms with Crippen LogP contribution in [0.25, 0.3) is 11.0 Å². The van der Waals surface area contributed by atoms with E-state index in [1.165, 1.54) is 11.8 Å². The summed E-state index contributed by atoms with van der Waals surface area (Å²) in [6.07, 6.45) is 0. The number of tetrazole rings is 1. The zero-order valence-corrected chi connectivity index (χ0v) is 16.4. The summed E-state index contributed by atoms with van der Waals surface area (Å²) < 4.78 is 13.5. The number of thioether (sulfide) groups is 1. The molecule has 0 spiro atoms. The number of halogens is 1. The number of carbonyl (C=O) groups excluding carboxylic acids is 1. The molecule has 0 aliphatic carbocycles. The predicted molar refractivity (Wildman–Crippen MR) is 97.6 cm³/mol. The molecule has 132 valence electrons. The van der Waals surface area contributed by atoms with Crippen LogP contribution in [0.15, 0.2) is 32.2 Å². The van der Waals surface area contributed by atoms with E-state index in [1.54, 1.807) is 11.6 Å². The summed E-state index contributed by atoms with van der Waals surface area (Å²) in [6, 6.07) is 5.78. The standard InChI is InChI=1S/C16H17BrN4O3S/c1-4-23-15(22)14-12(11-7-10(17)5-6-13(11)24-14)8-25-16-18-19-20-21(16)9(2)3/h5-7,9H,4,8H2,1-3H3. The van der Waals surface area contributed by atoms with Gasteiger partial charge in [-0.3, -0.25) is 0 Å².